The van der Waals surface area contributed by atoms with Crippen molar-refractivity contribution in [3.63, 3.8) is 0 Å². The third kappa shape index (κ3) is 5.60. The lowest BCUT2D eigenvalue weighted by Crippen LogP contribution is -2.40. The van der Waals surface area contributed by atoms with Gasteiger partial charge in [0.25, 0.3) is 5.56 Å². The van der Waals surface area contributed by atoms with Gasteiger partial charge in [-0.1, -0.05) is 0 Å². The van der Waals surface area contributed by atoms with Crippen LogP contribution in [-0.2, 0) is 27.0 Å². The number of ether oxygens (including phenoxy) is 1. The molecule has 1 aromatic heterocycles. The number of aromatic nitrogens is 1. The van der Waals surface area contributed by atoms with E-state index in [0.717, 1.165) is 29.7 Å². The maximum absolute atomic E-state index is 12.8. The molecule has 0 saturated heterocycles. The minimum atomic E-state index is -4.78. The minimum absolute atomic E-state index is 0.00376. The highest BCUT2D eigenvalue weighted by atomic mass is 19.4. The van der Waals surface area contributed by atoms with Crippen LogP contribution in [-0.4, -0.2) is 41.0 Å². The number of pyridine rings is 1. The fourth-order valence-electron chi connectivity index (χ4n) is 2.51. The van der Waals surface area contributed by atoms with Crippen molar-refractivity contribution < 1.29 is 27.5 Å². The van der Waals surface area contributed by atoms with Crippen LogP contribution in [0.1, 0.15) is 31.7 Å². The Hall–Kier alpha value is -2.32. The van der Waals surface area contributed by atoms with Gasteiger partial charge in [0.15, 0.2) is 0 Å². The Labute approximate surface area is 148 Å². The molecule has 0 N–H and O–H groups in total. The molecule has 6 nitrogen and oxygen atoms in total. The molecule has 26 heavy (non-hydrogen) atoms. The van der Waals surface area contributed by atoms with Gasteiger partial charge in [0.05, 0.1) is 13.0 Å². The monoisotopic (exact) mass is 374 g/mol. The van der Waals surface area contributed by atoms with Gasteiger partial charge in [0, 0.05) is 19.3 Å². The molecule has 0 bridgehead atoms. The van der Waals surface area contributed by atoms with E-state index in [-0.39, 0.29) is 19.6 Å². The van der Waals surface area contributed by atoms with E-state index < -0.39 is 35.7 Å². The van der Waals surface area contributed by atoms with Gasteiger partial charge in [-0.05, 0) is 37.8 Å². The van der Waals surface area contributed by atoms with Gasteiger partial charge in [0.2, 0.25) is 5.91 Å². The van der Waals surface area contributed by atoms with E-state index in [9.17, 15) is 27.6 Å². The average Bonchev–Trinajstić information content (AvgIpc) is 3.36. The lowest BCUT2D eigenvalue weighted by Gasteiger charge is -2.23. The summed E-state index contributed by atoms with van der Waals surface area (Å²) < 4.78 is 44.1. The second-order valence-electron chi connectivity index (χ2n) is 6.19. The van der Waals surface area contributed by atoms with Gasteiger partial charge in [0.1, 0.15) is 12.1 Å². The molecule has 2 rings (SSSR count). The van der Waals surface area contributed by atoms with E-state index >= 15 is 0 Å². The van der Waals surface area contributed by atoms with Gasteiger partial charge < -0.3 is 14.2 Å². The van der Waals surface area contributed by atoms with Crippen LogP contribution >= 0.6 is 0 Å². The maximum atomic E-state index is 12.8. The van der Waals surface area contributed by atoms with Crippen molar-refractivity contribution in [3.05, 3.63) is 34.2 Å². The Bertz CT molecular complexity index is 711. The summed E-state index contributed by atoms with van der Waals surface area (Å²) >= 11 is 0. The molecule has 1 aromatic rings. The first-order valence-electron chi connectivity index (χ1n) is 8.42. The predicted molar refractivity (Wildman–Crippen MR) is 86.3 cm³/mol. The van der Waals surface area contributed by atoms with E-state index in [1.165, 1.54) is 4.90 Å². The summed E-state index contributed by atoms with van der Waals surface area (Å²) in [6.07, 6.45) is -1.69. The fraction of sp³-hybridized carbons (Fsp3) is 0.588. The second-order valence-corrected chi connectivity index (χ2v) is 6.19. The van der Waals surface area contributed by atoms with Crippen LogP contribution in [0.4, 0.5) is 13.2 Å². The summed E-state index contributed by atoms with van der Waals surface area (Å²) in [5.74, 6) is -0.612. The average molecular weight is 374 g/mol. The van der Waals surface area contributed by atoms with Crippen molar-refractivity contribution in [3.8, 4) is 0 Å². The van der Waals surface area contributed by atoms with Crippen molar-refractivity contribution in [2.45, 2.75) is 38.9 Å². The number of hydrogen-bond donors (Lipinski definition) is 0. The zero-order valence-corrected chi connectivity index (χ0v) is 14.4. The summed E-state index contributed by atoms with van der Waals surface area (Å²) in [5.41, 5.74) is -2.57. The lowest BCUT2D eigenvalue weighted by atomic mass is 10.2. The summed E-state index contributed by atoms with van der Waals surface area (Å²) in [7, 11) is 0. The molecule has 0 aliphatic heterocycles. The summed E-state index contributed by atoms with van der Waals surface area (Å²) in [5, 5.41) is 0. The Morgan fingerprint density at radius 2 is 2.04 bits per heavy atom. The number of carbonyl (C=O) groups excluding carboxylic acids is 2. The number of esters is 1. The minimum Gasteiger partial charge on any atom is -0.466 e. The maximum Gasteiger partial charge on any atom is 0.421 e. The van der Waals surface area contributed by atoms with E-state index in [0.29, 0.717) is 18.5 Å². The first-order valence-corrected chi connectivity index (χ1v) is 8.42. The normalized spacial score (nSPS) is 14.2. The molecule has 1 saturated carbocycles. The molecule has 0 unspecified atom stereocenters. The molecular formula is C17H21F3N2O4. The molecule has 144 valence electrons. The summed E-state index contributed by atoms with van der Waals surface area (Å²) in [6.45, 7) is 1.94. The van der Waals surface area contributed by atoms with Crippen LogP contribution in [0.2, 0.25) is 0 Å². The number of rotatable bonds is 8. The molecule has 1 aliphatic carbocycles. The SMILES string of the molecule is CCOC(=O)CCN(CC1CC1)C(=O)Cn1cccc(C(F)(F)F)c1=O. The molecule has 1 fully saturated rings. The number of hydrogen-bond acceptors (Lipinski definition) is 4. The number of halogens is 3. The third-order valence-electron chi connectivity index (χ3n) is 4.05. The molecule has 9 heteroatoms. The molecular weight excluding hydrogens is 353 g/mol. The van der Waals surface area contributed by atoms with E-state index in [2.05, 4.69) is 0 Å². The summed E-state index contributed by atoms with van der Waals surface area (Å²) in [4.78, 5) is 37.4. The first kappa shape index (κ1) is 20.0. The molecule has 1 heterocycles. The van der Waals surface area contributed by atoms with Crippen molar-refractivity contribution in [2.75, 3.05) is 19.7 Å². The van der Waals surface area contributed by atoms with Crippen LogP contribution in [0.5, 0.6) is 0 Å². The van der Waals surface area contributed by atoms with Gasteiger partial charge >= 0.3 is 12.1 Å². The van der Waals surface area contributed by atoms with E-state index in [4.69, 9.17) is 4.74 Å². The Balaban J connectivity index is 2.09. The third-order valence-corrected chi connectivity index (χ3v) is 4.05. The Kier molecular flexibility index (Phi) is 6.44. The quantitative estimate of drug-likeness (QED) is 0.653. The van der Waals surface area contributed by atoms with Crippen molar-refractivity contribution in [1.29, 1.82) is 0 Å². The predicted octanol–water partition coefficient (Wildman–Crippen LogP) is 2.06. The molecule has 1 amide bonds. The molecule has 1 aliphatic rings. The van der Waals surface area contributed by atoms with Crippen LogP contribution in [0.15, 0.2) is 23.1 Å². The van der Waals surface area contributed by atoms with Gasteiger partial charge in [-0.2, -0.15) is 13.2 Å². The largest absolute Gasteiger partial charge is 0.466 e. The van der Waals surface area contributed by atoms with Crippen molar-refractivity contribution in [2.24, 2.45) is 5.92 Å². The number of nitrogens with zero attached hydrogens (tertiary/aromatic N) is 2. The zero-order valence-electron chi connectivity index (χ0n) is 14.4. The fourth-order valence-corrected chi connectivity index (χ4v) is 2.51. The second kappa shape index (κ2) is 8.37. The summed E-state index contributed by atoms with van der Waals surface area (Å²) in [6, 6.07) is 1.77. The zero-order chi connectivity index (χ0) is 19.3. The van der Waals surface area contributed by atoms with E-state index in [1.54, 1.807) is 6.92 Å². The molecule has 0 spiro atoms. The van der Waals surface area contributed by atoms with Crippen molar-refractivity contribution >= 4 is 11.9 Å². The van der Waals surface area contributed by atoms with Crippen LogP contribution in [0.25, 0.3) is 0 Å². The molecule has 0 radical (unpaired) electrons. The highest BCUT2D eigenvalue weighted by Gasteiger charge is 2.34. The topological polar surface area (TPSA) is 68.6 Å². The Morgan fingerprint density at radius 3 is 2.62 bits per heavy atom. The van der Waals surface area contributed by atoms with Gasteiger partial charge in [-0.15, -0.1) is 0 Å². The highest BCUT2D eigenvalue weighted by molar-refractivity contribution is 5.77. The van der Waals surface area contributed by atoms with Crippen LogP contribution < -0.4 is 5.56 Å². The highest BCUT2D eigenvalue weighted by Crippen LogP contribution is 2.30. The van der Waals surface area contributed by atoms with Gasteiger partial charge in [-0.25, -0.2) is 0 Å². The standard InChI is InChI=1S/C17H21F3N2O4/c1-2-26-15(24)7-9-21(10-12-5-6-12)14(23)11-22-8-3-4-13(16(22)25)17(18,19)20/h3-4,8,12H,2,5-7,9-11H2,1H3. The molecule has 0 atom stereocenters. The first-order chi connectivity index (χ1) is 12.2. The van der Waals surface area contributed by atoms with E-state index in [1.807, 2.05) is 0 Å². The smallest absolute Gasteiger partial charge is 0.421 e. The van der Waals surface area contributed by atoms with Gasteiger partial charge in [-0.3, -0.25) is 14.4 Å². The lowest BCUT2D eigenvalue weighted by molar-refractivity contribution is -0.144. The van der Waals surface area contributed by atoms with Crippen LogP contribution in [0, 0.1) is 5.92 Å². The number of amides is 1. The number of alkyl halides is 3. The molecule has 0 aromatic carbocycles. The van der Waals surface area contributed by atoms with Crippen LogP contribution in [0.3, 0.4) is 0 Å². The van der Waals surface area contributed by atoms with Crippen molar-refractivity contribution in [1.82, 2.24) is 9.47 Å². The Morgan fingerprint density at radius 1 is 1.35 bits per heavy atom. The number of carbonyl (C=O) groups is 2.